The van der Waals surface area contributed by atoms with E-state index in [9.17, 15) is 4.79 Å². The lowest BCUT2D eigenvalue weighted by molar-refractivity contribution is -0.121. The largest absolute Gasteiger partial charge is 0.491 e. The maximum Gasteiger partial charge on any atom is 0.220 e. The highest BCUT2D eigenvalue weighted by molar-refractivity contribution is 7.09. The second kappa shape index (κ2) is 7.94. The van der Waals surface area contributed by atoms with Crippen molar-refractivity contribution in [2.45, 2.75) is 39.7 Å². The molecule has 2 aromatic rings. The first-order valence-electron chi connectivity index (χ1n) is 7.43. The van der Waals surface area contributed by atoms with Crippen LogP contribution < -0.4 is 10.1 Å². The van der Waals surface area contributed by atoms with Gasteiger partial charge in [-0.1, -0.05) is 17.7 Å². The van der Waals surface area contributed by atoms with Crippen LogP contribution in [0.15, 0.2) is 29.6 Å². The normalized spacial score (nSPS) is 12.0. The molecule has 0 unspecified atom stereocenters. The Labute approximate surface area is 135 Å². The fraction of sp³-hybridized carbons (Fsp3) is 0.412. The highest BCUT2D eigenvalue weighted by Gasteiger charge is 2.09. The van der Waals surface area contributed by atoms with E-state index in [2.05, 4.69) is 10.3 Å². The molecule has 1 aromatic carbocycles. The van der Waals surface area contributed by atoms with E-state index in [0.29, 0.717) is 19.4 Å². The van der Waals surface area contributed by atoms with Gasteiger partial charge in [0.1, 0.15) is 12.4 Å². The smallest absolute Gasteiger partial charge is 0.220 e. The Bertz CT molecular complexity index is 607. The summed E-state index contributed by atoms with van der Waals surface area (Å²) < 4.78 is 5.66. The lowest BCUT2D eigenvalue weighted by atomic mass is 10.2. The van der Waals surface area contributed by atoms with E-state index in [-0.39, 0.29) is 11.9 Å². The summed E-state index contributed by atoms with van der Waals surface area (Å²) >= 11 is 1.61. The van der Waals surface area contributed by atoms with Gasteiger partial charge < -0.3 is 10.1 Å². The lowest BCUT2D eigenvalue weighted by Crippen LogP contribution is -2.36. The van der Waals surface area contributed by atoms with Crippen molar-refractivity contribution in [3.63, 3.8) is 0 Å². The summed E-state index contributed by atoms with van der Waals surface area (Å²) in [5.41, 5.74) is 2.19. The van der Waals surface area contributed by atoms with Gasteiger partial charge in [-0.05, 0) is 39.3 Å². The number of carbonyl (C=O) groups excluding carboxylic acids is 1. The van der Waals surface area contributed by atoms with Crippen molar-refractivity contribution in [3.05, 3.63) is 45.9 Å². The van der Waals surface area contributed by atoms with Crippen LogP contribution in [0.1, 0.15) is 29.6 Å². The lowest BCUT2D eigenvalue weighted by Gasteiger charge is -2.15. The second-order valence-electron chi connectivity index (χ2n) is 5.45. The number of benzene rings is 1. The number of ether oxygens (including phenoxy) is 1. The fourth-order valence-corrected chi connectivity index (χ4v) is 2.66. The van der Waals surface area contributed by atoms with Crippen molar-refractivity contribution in [2.24, 2.45) is 0 Å². The molecule has 0 aliphatic carbocycles. The van der Waals surface area contributed by atoms with Crippen molar-refractivity contribution in [1.29, 1.82) is 0 Å². The fourth-order valence-electron chi connectivity index (χ4n) is 2.01. The molecule has 0 aliphatic rings. The minimum atomic E-state index is -0.0222. The molecule has 0 radical (unpaired) electrons. The first-order chi connectivity index (χ1) is 10.5. The number of carbonyl (C=O) groups is 1. The summed E-state index contributed by atoms with van der Waals surface area (Å²) in [7, 11) is 0. The van der Waals surface area contributed by atoms with Gasteiger partial charge in [0.2, 0.25) is 5.91 Å². The van der Waals surface area contributed by atoms with Crippen LogP contribution in [0.25, 0.3) is 0 Å². The molecule has 1 N–H and O–H groups in total. The van der Waals surface area contributed by atoms with Crippen LogP contribution in [0.2, 0.25) is 0 Å². The second-order valence-corrected chi connectivity index (χ2v) is 6.51. The molecule has 1 heterocycles. The Balaban J connectivity index is 1.68. The predicted octanol–water partition coefficient (Wildman–Crippen LogP) is 3.28. The topological polar surface area (TPSA) is 51.2 Å². The Morgan fingerprint density at radius 3 is 2.68 bits per heavy atom. The number of hydrogen-bond donors (Lipinski definition) is 1. The number of thiazole rings is 1. The van der Waals surface area contributed by atoms with E-state index in [1.165, 1.54) is 5.56 Å². The maximum absolute atomic E-state index is 11.9. The van der Waals surface area contributed by atoms with Crippen LogP contribution in [0, 0.1) is 13.8 Å². The van der Waals surface area contributed by atoms with E-state index in [0.717, 1.165) is 16.5 Å². The van der Waals surface area contributed by atoms with Crippen molar-refractivity contribution in [2.75, 3.05) is 6.61 Å². The van der Waals surface area contributed by atoms with Gasteiger partial charge in [0, 0.05) is 11.8 Å². The molecule has 0 fully saturated rings. The Morgan fingerprint density at radius 1 is 1.32 bits per heavy atom. The summed E-state index contributed by atoms with van der Waals surface area (Å²) in [6.45, 7) is 6.42. The molecule has 118 valence electrons. The maximum atomic E-state index is 11.9. The molecule has 0 spiro atoms. The molecule has 1 atom stereocenters. The minimum absolute atomic E-state index is 0.0222. The summed E-state index contributed by atoms with van der Waals surface area (Å²) in [5, 5.41) is 5.99. The van der Waals surface area contributed by atoms with E-state index in [4.69, 9.17) is 4.74 Å². The molecular formula is C17H22N2O2S. The molecule has 0 bridgehead atoms. The van der Waals surface area contributed by atoms with Gasteiger partial charge in [-0.15, -0.1) is 11.3 Å². The van der Waals surface area contributed by atoms with Gasteiger partial charge in [-0.2, -0.15) is 0 Å². The molecule has 0 saturated carbocycles. The summed E-state index contributed by atoms with van der Waals surface area (Å²) in [6, 6.07) is 7.87. The summed E-state index contributed by atoms with van der Waals surface area (Å²) in [6.07, 6.45) is 1.14. The number of nitrogens with one attached hydrogen (secondary N) is 1. The van der Waals surface area contributed by atoms with Crippen molar-refractivity contribution in [1.82, 2.24) is 10.3 Å². The number of hydrogen-bond acceptors (Lipinski definition) is 4. The summed E-state index contributed by atoms with van der Waals surface area (Å²) in [5.74, 6) is 0.857. The van der Waals surface area contributed by atoms with Crippen LogP contribution in [0.4, 0.5) is 0 Å². The molecule has 4 nitrogen and oxygen atoms in total. The van der Waals surface area contributed by atoms with Crippen molar-refractivity contribution in [3.8, 4) is 5.75 Å². The Kier molecular flexibility index (Phi) is 5.95. The Morgan fingerprint density at radius 2 is 2.05 bits per heavy atom. The van der Waals surface area contributed by atoms with Crippen LogP contribution in [-0.2, 0) is 11.2 Å². The average Bonchev–Trinajstić information content (AvgIpc) is 2.90. The van der Waals surface area contributed by atoms with Crippen molar-refractivity contribution < 1.29 is 9.53 Å². The number of aryl methyl sites for hydroxylation is 3. The van der Waals surface area contributed by atoms with Crippen molar-refractivity contribution >= 4 is 17.2 Å². The van der Waals surface area contributed by atoms with Crippen LogP contribution in [0.3, 0.4) is 0 Å². The molecule has 1 amide bonds. The van der Waals surface area contributed by atoms with Gasteiger partial charge in [0.15, 0.2) is 0 Å². The molecule has 0 aliphatic heterocycles. The SMILES string of the molecule is Cc1ccc(OC[C@@H](C)NC(=O)CCc2csc(C)n2)cc1. The first-order valence-corrected chi connectivity index (χ1v) is 8.31. The molecule has 5 heteroatoms. The summed E-state index contributed by atoms with van der Waals surface area (Å²) in [4.78, 5) is 16.3. The molecule has 2 rings (SSSR count). The number of amides is 1. The average molecular weight is 318 g/mol. The van der Waals surface area contributed by atoms with E-state index in [1.807, 2.05) is 50.4 Å². The van der Waals surface area contributed by atoms with Gasteiger partial charge in [-0.25, -0.2) is 4.98 Å². The van der Waals surface area contributed by atoms with Gasteiger partial charge in [0.05, 0.1) is 16.7 Å². The number of rotatable bonds is 7. The molecule has 22 heavy (non-hydrogen) atoms. The van der Waals surface area contributed by atoms with Crippen LogP contribution in [0.5, 0.6) is 5.75 Å². The molecular weight excluding hydrogens is 296 g/mol. The van der Waals surface area contributed by atoms with Gasteiger partial charge in [0.25, 0.3) is 0 Å². The number of aromatic nitrogens is 1. The minimum Gasteiger partial charge on any atom is -0.491 e. The third-order valence-corrected chi connectivity index (χ3v) is 4.03. The van der Waals surface area contributed by atoms with Crippen LogP contribution >= 0.6 is 11.3 Å². The van der Waals surface area contributed by atoms with E-state index in [1.54, 1.807) is 11.3 Å². The zero-order valence-corrected chi connectivity index (χ0v) is 14.1. The quantitative estimate of drug-likeness (QED) is 0.852. The monoisotopic (exact) mass is 318 g/mol. The van der Waals surface area contributed by atoms with E-state index >= 15 is 0 Å². The van der Waals surface area contributed by atoms with Gasteiger partial charge >= 0.3 is 0 Å². The van der Waals surface area contributed by atoms with Crippen LogP contribution in [-0.4, -0.2) is 23.5 Å². The highest BCUT2D eigenvalue weighted by Crippen LogP contribution is 2.12. The predicted molar refractivity (Wildman–Crippen MR) is 89.5 cm³/mol. The first kappa shape index (κ1) is 16.5. The third-order valence-electron chi connectivity index (χ3n) is 3.20. The highest BCUT2D eigenvalue weighted by atomic mass is 32.1. The zero-order chi connectivity index (χ0) is 15.9. The standard InChI is InChI=1S/C17H22N2O2S/c1-12-4-7-16(8-5-12)21-10-13(2)18-17(20)9-6-15-11-22-14(3)19-15/h4-5,7-8,11,13H,6,9-10H2,1-3H3,(H,18,20)/t13-/m1/s1. The Hall–Kier alpha value is -1.88. The zero-order valence-electron chi connectivity index (χ0n) is 13.3. The number of nitrogens with zero attached hydrogens (tertiary/aromatic N) is 1. The third kappa shape index (κ3) is 5.48. The van der Waals surface area contributed by atoms with E-state index < -0.39 is 0 Å². The molecule has 1 aromatic heterocycles. The van der Waals surface area contributed by atoms with Gasteiger partial charge in [-0.3, -0.25) is 4.79 Å². The molecule has 0 saturated heterocycles.